The number of hydrogen-bond acceptors (Lipinski definition) is 2. The summed E-state index contributed by atoms with van der Waals surface area (Å²) in [5.41, 5.74) is 3.13. The lowest BCUT2D eigenvalue weighted by Gasteiger charge is -2.15. The van der Waals surface area contributed by atoms with Crippen molar-refractivity contribution >= 4 is 21.6 Å². The third-order valence-electron chi connectivity index (χ3n) is 3.30. The number of rotatable bonds is 6. The molecule has 0 saturated carbocycles. The van der Waals surface area contributed by atoms with Gasteiger partial charge in [0.1, 0.15) is 0 Å². The van der Waals surface area contributed by atoms with Crippen molar-refractivity contribution in [3.8, 4) is 0 Å². The molecule has 0 N–H and O–H groups in total. The Morgan fingerprint density at radius 2 is 1.76 bits per heavy atom. The summed E-state index contributed by atoms with van der Waals surface area (Å²) < 4.78 is 1.06. The Morgan fingerprint density at radius 3 is 2.38 bits per heavy atom. The Morgan fingerprint density at radius 1 is 1.10 bits per heavy atom. The van der Waals surface area contributed by atoms with Gasteiger partial charge in [-0.25, -0.2) is 0 Å². The van der Waals surface area contributed by atoms with Crippen molar-refractivity contribution in [2.24, 2.45) is 5.16 Å². The molecule has 0 aliphatic rings. The van der Waals surface area contributed by atoms with Crippen molar-refractivity contribution in [2.75, 3.05) is 0 Å². The first-order chi connectivity index (χ1) is 10.2. The van der Waals surface area contributed by atoms with Crippen LogP contribution in [-0.2, 0) is 4.84 Å². The molecule has 110 valence electrons. The van der Waals surface area contributed by atoms with Gasteiger partial charge in [-0.15, -0.1) is 0 Å². The van der Waals surface area contributed by atoms with E-state index in [0.717, 1.165) is 28.6 Å². The predicted molar refractivity (Wildman–Crippen MR) is 91.5 cm³/mol. The zero-order valence-electron chi connectivity index (χ0n) is 12.4. The molecule has 0 aromatic heterocycles. The molecular weight excluding hydrogens is 326 g/mol. The third kappa shape index (κ3) is 4.71. The maximum Gasteiger partial charge on any atom is 0.152 e. The molecule has 0 aliphatic heterocycles. The second kappa shape index (κ2) is 7.99. The van der Waals surface area contributed by atoms with E-state index in [2.05, 4.69) is 40.1 Å². The van der Waals surface area contributed by atoms with Crippen molar-refractivity contribution in [1.29, 1.82) is 0 Å². The number of hydrogen-bond donors (Lipinski definition) is 0. The maximum atomic E-state index is 5.79. The minimum Gasteiger partial charge on any atom is -0.387 e. The maximum absolute atomic E-state index is 5.79. The van der Waals surface area contributed by atoms with Crippen LogP contribution in [0.1, 0.15) is 43.9 Å². The lowest BCUT2D eigenvalue weighted by molar-refractivity contribution is 0.0516. The molecule has 0 unspecified atom stereocenters. The molecule has 2 aromatic carbocycles. The predicted octanol–water partition coefficient (Wildman–Crippen LogP) is 5.73. The molecule has 0 amide bonds. The van der Waals surface area contributed by atoms with E-state index >= 15 is 0 Å². The molecule has 21 heavy (non-hydrogen) atoms. The molecule has 0 saturated heterocycles. The summed E-state index contributed by atoms with van der Waals surface area (Å²) in [5.74, 6) is 0. The minimum atomic E-state index is 0.0154. The van der Waals surface area contributed by atoms with Crippen molar-refractivity contribution in [1.82, 2.24) is 0 Å². The zero-order chi connectivity index (χ0) is 15.1. The lowest BCUT2D eigenvalue weighted by atomic mass is 10.1. The van der Waals surface area contributed by atoms with Crippen molar-refractivity contribution in [2.45, 2.75) is 32.8 Å². The highest BCUT2D eigenvalue weighted by atomic mass is 79.9. The van der Waals surface area contributed by atoms with Gasteiger partial charge in [-0.1, -0.05) is 76.9 Å². The van der Waals surface area contributed by atoms with E-state index in [-0.39, 0.29) is 6.10 Å². The van der Waals surface area contributed by atoms with Crippen molar-refractivity contribution < 1.29 is 4.84 Å². The van der Waals surface area contributed by atoms with Crippen LogP contribution in [0.4, 0.5) is 0 Å². The van der Waals surface area contributed by atoms with Gasteiger partial charge in [-0.2, -0.15) is 0 Å². The van der Waals surface area contributed by atoms with Crippen LogP contribution in [-0.4, -0.2) is 5.71 Å². The molecular formula is C18H20BrNO. The molecule has 0 spiro atoms. The summed E-state index contributed by atoms with van der Waals surface area (Å²) in [4.78, 5) is 5.79. The van der Waals surface area contributed by atoms with Gasteiger partial charge in [-0.05, 0) is 36.6 Å². The molecule has 0 aliphatic carbocycles. The summed E-state index contributed by atoms with van der Waals surface area (Å²) >= 11 is 3.44. The van der Waals surface area contributed by atoms with E-state index in [1.807, 2.05) is 49.4 Å². The quantitative estimate of drug-likeness (QED) is 0.483. The second-order valence-corrected chi connectivity index (χ2v) is 5.89. The Balaban J connectivity index is 2.10. The van der Waals surface area contributed by atoms with E-state index in [9.17, 15) is 0 Å². The molecule has 2 rings (SSSR count). The zero-order valence-corrected chi connectivity index (χ0v) is 14.0. The molecule has 0 fully saturated rings. The number of nitrogens with zero attached hydrogens (tertiary/aromatic N) is 1. The Kier molecular flexibility index (Phi) is 6.00. The fourth-order valence-electron chi connectivity index (χ4n) is 2.10. The van der Waals surface area contributed by atoms with E-state index in [1.54, 1.807) is 0 Å². The summed E-state index contributed by atoms with van der Waals surface area (Å²) in [7, 11) is 0. The van der Waals surface area contributed by atoms with Gasteiger partial charge in [0.15, 0.2) is 6.10 Å². The van der Waals surface area contributed by atoms with Crippen LogP contribution < -0.4 is 0 Å². The molecule has 3 heteroatoms. The van der Waals surface area contributed by atoms with E-state index < -0.39 is 0 Å². The van der Waals surface area contributed by atoms with Gasteiger partial charge in [0, 0.05) is 4.47 Å². The molecule has 0 radical (unpaired) electrons. The van der Waals surface area contributed by atoms with Gasteiger partial charge >= 0.3 is 0 Å². The van der Waals surface area contributed by atoms with Crippen molar-refractivity contribution in [3.63, 3.8) is 0 Å². The molecule has 0 heterocycles. The average molecular weight is 346 g/mol. The highest BCUT2D eigenvalue weighted by Gasteiger charge is 2.11. The molecule has 2 aromatic rings. The van der Waals surface area contributed by atoms with E-state index in [0.29, 0.717) is 0 Å². The Labute approximate surface area is 135 Å². The Bertz CT molecular complexity index is 578. The highest BCUT2D eigenvalue weighted by molar-refractivity contribution is 9.10. The summed E-state index contributed by atoms with van der Waals surface area (Å²) in [6.07, 6.45) is 2.04. The first-order valence-corrected chi connectivity index (χ1v) is 8.01. The first kappa shape index (κ1) is 15.8. The topological polar surface area (TPSA) is 21.6 Å². The number of oxime groups is 1. The van der Waals surface area contributed by atoms with Gasteiger partial charge in [0.25, 0.3) is 0 Å². The van der Waals surface area contributed by atoms with Gasteiger partial charge in [0.05, 0.1) is 5.71 Å². The third-order valence-corrected chi connectivity index (χ3v) is 3.83. The number of halogens is 1. The minimum absolute atomic E-state index is 0.0154. The van der Waals surface area contributed by atoms with Crippen LogP contribution in [0.25, 0.3) is 0 Å². The molecule has 0 bridgehead atoms. The summed E-state index contributed by atoms with van der Waals surface area (Å²) in [5, 5.41) is 4.32. The normalized spacial score (nSPS) is 13.0. The van der Waals surface area contributed by atoms with Crippen LogP contribution in [0.2, 0.25) is 0 Å². The standard InChI is InChI=1S/C18H20BrNO/c1-3-7-18(16-8-5-4-6-9-16)21-20-14(2)15-10-12-17(19)13-11-15/h4-6,8-13,18H,3,7H2,1-2H3/b20-14+/t18-/m0/s1. The van der Waals surface area contributed by atoms with Gasteiger partial charge < -0.3 is 4.84 Å². The van der Waals surface area contributed by atoms with E-state index in [4.69, 9.17) is 4.84 Å². The first-order valence-electron chi connectivity index (χ1n) is 7.22. The average Bonchev–Trinajstić information content (AvgIpc) is 2.52. The number of benzene rings is 2. The van der Waals surface area contributed by atoms with Gasteiger partial charge in [-0.3, -0.25) is 0 Å². The lowest BCUT2D eigenvalue weighted by Crippen LogP contribution is -2.03. The molecule has 2 nitrogen and oxygen atoms in total. The fraction of sp³-hybridized carbons (Fsp3) is 0.278. The van der Waals surface area contributed by atoms with Gasteiger partial charge in [0.2, 0.25) is 0 Å². The smallest absolute Gasteiger partial charge is 0.152 e. The van der Waals surface area contributed by atoms with Crippen LogP contribution in [0.3, 0.4) is 0 Å². The summed E-state index contributed by atoms with van der Waals surface area (Å²) in [6, 6.07) is 18.3. The highest BCUT2D eigenvalue weighted by Crippen LogP contribution is 2.23. The van der Waals surface area contributed by atoms with Crippen LogP contribution in [0, 0.1) is 0 Å². The van der Waals surface area contributed by atoms with Crippen LogP contribution in [0.5, 0.6) is 0 Å². The van der Waals surface area contributed by atoms with Crippen molar-refractivity contribution in [3.05, 3.63) is 70.2 Å². The monoisotopic (exact) mass is 345 g/mol. The Hall–Kier alpha value is -1.61. The SMILES string of the molecule is CCC[C@H](O/N=C(\C)c1ccc(Br)cc1)c1ccccc1. The van der Waals surface area contributed by atoms with Crippen LogP contribution in [0.15, 0.2) is 64.2 Å². The summed E-state index contributed by atoms with van der Waals surface area (Å²) in [6.45, 7) is 4.13. The fourth-order valence-corrected chi connectivity index (χ4v) is 2.36. The largest absolute Gasteiger partial charge is 0.387 e. The molecule has 1 atom stereocenters. The van der Waals surface area contributed by atoms with Crippen LogP contribution >= 0.6 is 15.9 Å². The second-order valence-electron chi connectivity index (χ2n) is 4.98. The van der Waals surface area contributed by atoms with E-state index in [1.165, 1.54) is 5.56 Å².